The van der Waals surface area contributed by atoms with Crippen molar-refractivity contribution in [3.8, 4) is 0 Å². The van der Waals surface area contributed by atoms with Crippen LogP contribution in [0.25, 0.3) is 0 Å². The highest BCUT2D eigenvalue weighted by atomic mass is 16.5. The summed E-state index contributed by atoms with van der Waals surface area (Å²) < 4.78 is 5.65. The van der Waals surface area contributed by atoms with Crippen LogP contribution in [0.5, 0.6) is 0 Å². The average molecular weight is 262 g/mol. The maximum absolute atomic E-state index is 9.36. The average Bonchev–Trinajstić information content (AvgIpc) is 2.44. The molecule has 106 valence electrons. The Labute approximate surface area is 117 Å². The van der Waals surface area contributed by atoms with Crippen LogP contribution < -0.4 is 0 Å². The van der Waals surface area contributed by atoms with E-state index < -0.39 is 0 Å². The lowest BCUT2D eigenvalue weighted by molar-refractivity contribution is 0.118. The van der Waals surface area contributed by atoms with Gasteiger partial charge in [0, 0.05) is 6.61 Å². The summed E-state index contributed by atoms with van der Waals surface area (Å²) in [7, 11) is 0. The quantitative estimate of drug-likeness (QED) is 0.536. The SMILES string of the molecule is CCC/C(C)=C(/CO)CCCOCc1ccccc1. The van der Waals surface area contributed by atoms with E-state index in [1.807, 2.05) is 18.2 Å². The molecule has 19 heavy (non-hydrogen) atoms. The molecule has 0 unspecified atom stereocenters. The summed E-state index contributed by atoms with van der Waals surface area (Å²) in [5.41, 5.74) is 3.74. The van der Waals surface area contributed by atoms with Crippen LogP contribution in [0, 0.1) is 0 Å². The number of benzene rings is 1. The first-order valence-corrected chi connectivity index (χ1v) is 7.18. The molecular formula is C17H26O2. The first-order valence-electron chi connectivity index (χ1n) is 7.18. The van der Waals surface area contributed by atoms with Crippen LogP contribution in [-0.2, 0) is 11.3 Å². The zero-order valence-corrected chi connectivity index (χ0v) is 12.2. The van der Waals surface area contributed by atoms with Crippen LogP contribution >= 0.6 is 0 Å². The van der Waals surface area contributed by atoms with Gasteiger partial charge in [-0.3, -0.25) is 0 Å². The first-order chi connectivity index (χ1) is 9.27. The molecule has 0 fully saturated rings. The fourth-order valence-corrected chi connectivity index (χ4v) is 2.13. The lowest BCUT2D eigenvalue weighted by Gasteiger charge is -2.10. The summed E-state index contributed by atoms with van der Waals surface area (Å²) in [4.78, 5) is 0. The molecule has 0 saturated carbocycles. The predicted octanol–water partition coefficient (Wildman–Crippen LogP) is 4.09. The summed E-state index contributed by atoms with van der Waals surface area (Å²) in [5, 5.41) is 9.36. The van der Waals surface area contributed by atoms with Crippen LogP contribution in [0.2, 0.25) is 0 Å². The van der Waals surface area contributed by atoms with E-state index in [-0.39, 0.29) is 6.61 Å². The lowest BCUT2D eigenvalue weighted by atomic mass is 10.0. The minimum atomic E-state index is 0.185. The minimum Gasteiger partial charge on any atom is -0.392 e. The van der Waals surface area contributed by atoms with Crippen LogP contribution in [0.15, 0.2) is 41.5 Å². The predicted molar refractivity (Wildman–Crippen MR) is 80.0 cm³/mol. The molecule has 2 nitrogen and oxygen atoms in total. The van der Waals surface area contributed by atoms with E-state index in [4.69, 9.17) is 4.74 Å². The Morgan fingerprint density at radius 2 is 1.89 bits per heavy atom. The second kappa shape index (κ2) is 9.76. The van der Waals surface area contributed by atoms with Crippen molar-refractivity contribution in [2.75, 3.05) is 13.2 Å². The van der Waals surface area contributed by atoms with E-state index in [0.717, 1.165) is 32.3 Å². The molecule has 1 aromatic rings. The highest BCUT2D eigenvalue weighted by Crippen LogP contribution is 2.15. The van der Waals surface area contributed by atoms with Crippen LogP contribution in [0.3, 0.4) is 0 Å². The van der Waals surface area contributed by atoms with Gasteiger partial charge in [0.05, 0.1) is 13.2 Å². The Bertz CT molecular complexity index is 368. The first kappa shape index (κ1) is 15.9. The Morgan fingerprint density at radius 3 is 2.53 bits per heavy atom. The van der Waals surface area contributed by atoms with Gasteiger partial charge in [0.15, 0.2) is 0 Å². The van der Waals surface area contributed by atoms with E-state index in [2.05, 4.69) is 26.0 Å². The fraction of sp³-hybridized carbons (Fsp3) is 0.529. The highest BCUT2D eigenvalue weighted by molar-refractivity contribution is 5.13. The second-order valence-electron chi connectivity index (χ2n) is 4.93. The Kier molecular flexibility index (Phi) is 8.19. The number of rotatable bonds is 9. The van der Waals surface area contributed by atoms with Gasteiger partial charge in [0.1, 0.15) is 0 Å². The summed E-state index contributed by atoms with van der Waals surface area (Å²) in [6.45, 7) is 5.90. The number of aliphatic hydroxyl groups excluding tert-OH is 1. The Hall–Kier alpha value is -1.12. The van der Waals surface area contributed by atoms with E-state index >= 15 is 0 Å². The van der Waals surface area contributed by atoms with Gasteiger partial charge in [0.25, 0.3) is 0 Å². The topological polar surface area (TPSA) is 29.5 Å². The molecule has 1 aromatic carbocycles. The van der Waals surface area contributed by atoms with E-state index in [0.29, 0.717) is 6.61 Å². The van der Waals surface area contributed by atoms with Crippen LogP contribution in [-0.4, -0.2) is 18.3 Å². The molecule has 0 spiro atoms. The number of aliphatic hydroxyl groups is 1. The maximum Gasteiger partial charge on any atom is 0.0716 e. The standard InChI is InChI=1S/C17H26O2/c1-3-8-15(2)17(13-18)11-7-12-19-14-16-9-5-4-6-10-16/h4-6,9-10,18H,3,7-8,11-14H2,1-2H3/b17-15+. The molecule has 0 aliphatic heterocycles. The molecule has 2 heteroatoms. The maximum atomic E-state index is 9.36. The minimum absolute atomic E-state index is 0.185. The van der Waals surface area contributed by atoms with Crippen molar-refractivity contribution in [1.82, 2.24) is 0 Å². The van der Waals surface area contributed by atoms with Gasteiger partial charge in [0.2, 0.25) is 0 Å². The third-order valence-corrected chi connectivity index (χ3v) is 3.30. The van der Waals surface area contributed by atoms with Gasteiger partial charge >= 0.3 is 0 Å². The Morgan fingerprint density at radius 1 is 1.16 bits per heavy atom. The molecule has 0 aliphatic carbocycles. The van der Waals surface area contributed by atoms with Crippen LogP contribution in [0.4, 0.5) is 0 Å². The van der Waals surface area contributed by atoms with Crippen molar-refractivity contribution in [1.29, 1.82) is 0 Å². The monoisotopic (exact) mass is 262 g/mol. The normalized spacial score (nSPS) is 12.4. The zero-order chi connectivity index (χ0) is 13.9. The largest absolute Gasteiger partial charge is 0.392 e. The second-order valence-corrected chi connectivity index (χ2v) is 4.93. The van der Waals surface area contributed by atoms with Gasteiger partial charge in [-0.15, -0.1) is 0 Å². The van der Waals surface area contributed by atoms with Crippen molar-refractivity contribution in [3.05, 3.63) is 47.0 Å². The molecule has 0 amide bonds. The molecule has 0 atom stereocenters. The summed E-state index contributed by atoms with van der Waals surface area (Å²) in [6, 6.07) is 10.2. The molecule has 0 saturated heterocycles. The van der Waals surface area contributed by atoms with Gasteiger partial charge in [-0.25, -0.2) is 0 Å². The summed E-state index contributed by atoms with van der Waals surface area (Å²) in [5.74, 6) is 0. The van der Waals surface area contributed by atoms with Crippen molar-refractivity contribution in [3.63, 3.8) is 0 Å². The van der Waals surface area contributed by atoms with E-state index in [1.165, 1.54) is 16.7 Å². The number of allylic oxidation sites excluding steroid dienone is 1. The van der Waals surface area contributed by atoms with Gasteiger partial charge < -0.3 is 9.84 Å². The Balaban J connectivity index is 2.21. The summed E-state index contributed by atoms with van der Waals surface area (Å²) in [6.07, 6.45) is 4.14. The van der Waals surface area contributed by atoms with E-state index in [9.17, 15) is 5.11 Å². The van der Waals surface area contributed by atoms with Gasteiger partial charge in [-0.2, -0.15) is 0 Å². The van der Waals surface area contributed by atoms with Crippen molar-refractivity contribution in [2.45, 2.75) is 46.1 Å². The van der Waals surface area contributed by atoms with Gasteiger partial charge in [-0.05, 0) is 37.3 Å². The van der Waals surface area contributed by atoms with Crippen LogP contribution in [0.1, 0.15) is 45.1 Å². The third-order valence-electron chi connectivity index (χ3n) is 3.30. The smallest absolute Gasteiger partial charge is 0.0716 e. The number of ether oxygens (including phenoxy) is 1. The number of hydrogen-bond acceptors (Lipinski definition) is 2. The summed E-state index contributed by atoms with van der Waals surface area (Å²) >= 11 is 0. The van der Waals surface area contributed by atoms with Crippen molar-refractivity contribution in [2.24, 2.45) is 0 Å². The molecule has 0 radical (unpaired) electrons. The fourth-order valence-electron chi connectivity index (χ4n) is 2.13. The molecule has 1 rings (SSSR count). The molecule has 0 bridgehead atoms. The molecule has 0 aliphatic rings. The zero-order valence-electron chi connectivity index (χ0n) is 12.2. The number of hydrogen-bond donors (Lipinski definition) is 1. The molecule has 1 N–H and O–H groups in total. The lowest BCUT2D eigenvalue weighted by Crippen LogP contribution is -2.00. The van der Waals surface area contributed by atoms with Crippen molar-refractivity contribution < 1.29 is 9.84 Å². The molecule has 0 heterocycles. The van der Waals surface area contributed by atoms with Crippen molar-refractivity contribution >= 4 is 0 Å². The van der Waals surface area contributed by atoms with E-state index in [1.54, 1.807) is 0 Å². The molecular weight excluding hydrogens is 236 g/mol. The third kappa shape index (κ3) is 6.55. The van der Waals surface area contributed by atoms with Gasteiger partial charge in [-0.1, -0.05) is 49.2 Å². The highest BCUT2D eigenvalue weighted by Gasteiger charge is 2.01. The molecule has 0 aromatic heterocycles.